The van der Waals surface area contributed by atoms with Crippen molar-refractivity contribution in [2.75, 3.05) is 0 Å². The highest BCUT2D eigenvalue weighted by Gasteiger charge is 2.22. The molecule has 5 nitrogen and oxygen atoms in total. The average Bonchev–Trinajstić information content (AvgIpc) is 3.12. The average molecular weight is 447 g/mol. The summed E-state index contributed by atoms with van der Waals surface area (Å²) < 4.78 is 54.6. The number of carbonyl (C=O) groups is 1. The summed E-state index contributed by atoms with van der Waals surface area (Å²) in [5.74, 6) is -2.65. The molecule has 4 rings (SSSR count). The second-order valence-corrected chi connectivity index (χ2v) is 8.74. The number of rotatable bonds is 5. The first kappa shape index (κ1) is 20.2. The van der Waals surface area contributed by atoms with Gasteiger partial charge in [0.2, 0.25) is 0 Å². The van der Waals surface area contributed by atoms with E-state index in [2.05, 4.69) is 5.10 Å². The first-order valence-electron chi connectivity index (χ1n) is 8.72. The number of Topliss-reactive ketones (excluding diaryl/α,β-unsaturated/α-hetero) is 1. The molecule has 0 saturated carbocycles. The van der Waals surface area contributed by atoms with Crippen molar-refractivity contribution in [3.63, 3.8) is 0 Å². The smallest absolute Gasteiger partial charge is 0.283 e. The zero-order chi connectivity index (χ0) is 21.5. The summed E-state index contributed by atoms with van der Waals surface area (Å²) in [7, 11) is -4.04. The highest BCUT2D eigenvalue weighted by molar-refractivity contribution is 7.90. The van der Waals surface area contributed by atoms with Gasteiger partial charge >= 0.3 is 0 Å². The van der Waals surface area contributed by atoms with Crippen molar-refractivity contribution in [2.24, 2.45) is 0 Å². The van der Waals surface area contributed by atoms with Gasteiger partial charge in [0.15, 0.2) is 5.78 Å². The molecular weight excluding hydrogens is 434 g/mol. The lowest BCUT2D eigenvalue weighted by atomic mass is 10.0. The lowest BCUT2D eigenvalue weighted by Crippen LogP contribution is -2.14. The van der Waals surface area contributed by atoms with Gasteiger partial charge in [0.25, 0.3) is 10.0 Å². The fourth-order valence-corrected chi connectivity index (χ4v) is 4.68. The first-order chi connectivity index (χ1) is 14.3. The summed E-state index contributed by atoms with van der Waals surface area (Å²) in [6.07, 6.45) is 1.07. The minimum atomic E-state index is -4.04. The Labute approximate surface area is 175 Å². The van der Waals surface area contributed by atoms with Crippen LogP contribution in [0.3, 0.4) is 0 Å². The number of benzene rings is 3. The second kappa shape index (κ2) is 7.62. The van der Waals surface area contributed by atoms with Gasteiger partial charge in [0.1, 0.15) is 11.6 Å². The minimum Gasteiger partial charge on any atom is -0.294 e. The van der Waals surface area contributed by atoms with E-state index in [-0.39, 0.29) is 21.9 Å². The van der Waals surface area contributed by atoms with Gasteiger partial charge in [-0.05, 0) is 42.0 Å². The van der Waals surface area contributed by atoms with Crippen LogP contribution in [0.1, 0.15) is 15.9 Å². The topological polar surface area (TPSA) is 69.0 Å². The Kier molecular flexibility index (Phi) is 5.13. The molecule has 0 radical (unpaired) electrons. The van der Waals surface area contributed by atoms with Crippen molar-refractivity contribution >= 4 is 38.3 Å². The first-order valence-corrected chi connectivity index (χ1v) is 10.5. The predicted molar refractivity (Wildman–Crippen MR) is 108 cm³/mol. The SMILES string of the molecule is O=C(Cc1ccc2cnn(S(=O)(=O)c3cccc(Cl)c3)c2c1)c1c(F)cccc1F. The Balaban J connectivity index is 1.74. The van der Waals surface area contributed by atoms with Gasteiger partial charge in [0, 0.05) is 16.8 Å². The number of nitrogens with zero attached hydrogens (tertiary/aromatic N) is 2. The van der Waals surface area contributed by atoms with Crippen LogP contribution in [0.4, 0.5) is 8.78 Å². The number of fused-ring (bicyclic) bond motifs is 1. The van der Waals surface area contributed by atoms with Crippen molar-refractivity contribution in [2.45, 2.75) is 11.3 Å². The standard InChI is InChI=1S/C21H13ClF2N2O3S/c22-15-3-1-4-16(11-15)30(28,29)26-19-9-13(7-8-14(19)12-25-26)10-20(27)21-17(23)5-2-6-18(21)24/h1-9,11-12H,10H2. The zero-order valence-electron chi connectivity index (χ0n) is 15.2. The maximum absolute atomic E-state index is 13.9. The summed E-state index contributed by atoms with van der Waals surface area (Å²) in [4.78, 5) is 12.4. The molecule has 30 heavy (non-hydrogen) atoms. The van der Waals surface area contributed by atoms with E-state index in [1.165, 1.54) is 36.5 Å². The lowest BCUT2D eigenvalue weighted by molar-refractivity contribution is 0.0985. The van der Waals surface area contributed by atoms with Crippen molar-refractivity contribution < 1.29 is 22.0 Å². The van der Waals surface area contributed by atoms with E-state index in [1.807, 2.05) is 0 Å². The molecule has 4 aromatic rings. The number of hydrogen-bond acceptors (Lipinski definition) is 4. The van der Waals surface area contributed by atoms with E-state index in [4.69, 9.17) is 11.6 Å². The van der Waals surface area contributed by atoms with Gasteiger partial charge in [0.05, 0.1) is 22.2 Å². The normalized spacial score (nSPS) is 11.7. The van der Waals surface area contributed by atoms with E-state index >= 15 is 0 Å². The molecule has 0 aliphatic carbocycles. The number of aromatic nitrogens is 2. The van der Waals surface area contributed by atoms with Crippen LogP contribution in [0.15, 0.2) is 71.8 Å². The summed E-state index contributed by atoms with van der Waals surface area (Å²) in [6, 6.07) is 13.6. The quantitative estimate of drug-likeness (QED) is 0.419. The molecule has 0 bridgehead atoms. The molecule has 0 aliphatic heterocycles. The number of hydrogen-bond donors (Lipinski definition) is 0. The molecule has 0 amide bonds. The molecule has 0 atom stereocenters. The Morgan fingerprint density at radius 1 is 1.00 bits per heavy atom. The van der Waals surface area contributed by atoms with Gasteiger partial charge in [-0.3, -0.25) is 4.79 Å². The number of ketones is 1. The third-order valence-corrected chi connectivity index (χ3v) is 6.36. The molecule has 0 fully saturated rings. The Morgan fingerprint density at radius 3 is 2.40 bits per heavy atom. The van der Waals surface area contributed by atoms with Crippen LogP contribution in [0.5, 0.6) is 0 Å². The summed E-state index contributed by atoms with van der Waals surface area (Å²) in [5, 5.41) is 4.74. The van der Waals surface area contributed by atoms with Crippen LogP contribution < -0.4 is 0 Å². The van der Waals surface area contributed by atoms with E-state index in [9.17, 15) is 22.0 Å². The fourth-order valence-electron chi connectivity index (χ4n) is 3.11. The molecular formula is C21H13ClF2N2O3S. The van der Waals surface area contributed by atoms with E-state index < -0.39 is 33.0 Å². The molecule has 0 aliphatic rings. The van der Waals surface area contributed by atoms with Crippen LogP contribution >= 0.6 is 11.6 Å². The molecule has 9 heteroatoms. The lowest BCUT2D eigenvalue weighted by Gasteiger charge is -2.08. The van der Waals surface area contributed by atoms with Gasteiger partial charge in [-0.2, -0.15) is 17.6 Å². The Morgan fingerprint density at radius 2 is 1.70 bits per heavy atom. The highest BCUT2D eigenvalue weighted by atomic mass is 35.5. The maximum Gasteiger partial charge on any atom is 0.283 e. The van der Waals surface area contributed by atoms with Crippen LogP contribution in [-0.2, 0) is 16.4 Å². The maximum atomic E-state index is 13.9. The van der Waals surface area contributed by atoms with Gasteiger partial charge in [-0.15, -0.1) is 0 Å². The van der Waals surface area contributed by atoms with E-state index in [0.29, 0.717) is 10.9 Å². The number of carbonyl (C=O) groups excluding carboxylic acids is 1. The van der Waals surface area contributed by atoms with Crippen LogP contribution in [-0.4, -0.2) is 23.4 Å². The van der Waals surface area contributed by atoms with Crippen LogP contribution in [0, 0.1) is 11.6 Å². The number of halogens is 3. The molecule has 0 N–H and O–H groups in total. The largest absolute Gasteiger partial charge is 0.294 e. The van der Waals surface area contributed by atoms with Gasteiger partial charge < -0.3 is 0 Å². The minimum absolute atomic E-state index is 0.0464. The summed E-state index contributed by atoms with van der Waals surface area (Å²) in [6.45, 7) is 0. The molecule has 152 valence electrons. The third-order valence-electron chi connectivity index (χ3n) is 4.53. The Hall–Kier alpha value is -3.10. The van der Waals surface area contributed by atoms with Gasteiger partial charge in [-0.1, -0.05) is 35.9 Å². The molecule has 0 unspecified atom stereocenters. The Bertz CT molecular complexity index is 1380. The van der Waals surface area contributed by atoms with Crippen molar-refractivity contribution in [1.82, 2.24) is 9.19 Å². The molecule has 0 saturated heterocycles. The third kappa shape index (κ3) is 3.59. The van der Waals surface area contributed by atoms with Crippen LogP contribution in [0.25, 0.3) is 10.9 Å². The fraction of sp³-hybridized carbons (Fsp3) is 0.0476. The van der Waals surface area contributed by atoms with Crippen molar-refractivity contribution in [3.05, 3.63) is 94.6 Å². The molecule has 1 aromatic heterocycles. The van der Waals surface area contributed by atoms with Crippen LogP contribution in [0.2, 0.25) is 5.02 Å². The van der Waals surface area contributed by atoms with Gasteiger partial charge in [-0.25, -0.2) is 8.78 Å². The van der Waals surface area contributed by atoms with Crippen molar-refractivity contribution in [1.29, 1.82) is 0 Å². The summed E-state index contributed by atoms with van der Waals surface area (Å²) in [5.41, 5.74) is -0.00914. The zero-order valence-corrected chi connectivity index (χ0v) is 16.8. The van der Waals surface area contributed by atoms with Crippen molar-refractivity contribution in [3.8, 4) is 0 Å². The van der Waals surface area contributed by atoms with E-state index in [1.54, 1.807) is 18.2 Å². The summed E-state index contributed by atoms with van der Waals surface area (Å²) >= 11 is 5.90. The predicted octanol–water partition coefficient (Wildman–Crippen LogP) is 4.63. The molecule has 1 heterocycles. The van der Waals surface area contributed by atoms with E-state index in [0.717, 1.165) is 16.2 Å². The monoisotopic (exact) mass is 446 g/mol. The highest BCUT2D eigenvalue weighted by Crippen LogP contribution is 2.24. The molecule has 3 aromatic carbocycles. The molecule has 0 spiro atoms. The second-order valence-electron chi connectivity index (χ2n) is 6.54.